The highest BCUT2D eigenvalue weighted by Gasteiger charge is 1.99. The van der Waals surface area contributed by atoms with Crippen LogP contribution in [0.4, 0.5) is 0 Å². The molecule has 0 amide bonds. The van der Waals surface area contributed by atoms with E-state index in [1.807, 2.05) is 11.8 Å². The van der Waals surface area contributed by atoms with E-state index < -0.39 is 0 Å². The minimum atomic E-state index is 0.734. The van der Waals surface area contributed by atoms with Gasteiger partial charge in [0.05, 0.1) is 0 Å². The smallest absolute Gasteiger partial charge is 0.00563 e. The maximum atomic E-state index is 2.26. The van der Waals surface area contributed by atoms with Crippen LogP contribution in [0.1, 0.15) is 12.5 Å². The minimum absolute atomic E-state index is 0.734. The summed E-state index contributed by atoms with van der Waals surface area (Å²) in [6.07, 6.45) is 3.34. The number of hydrogen-bond acceptors (Lipinski definition) is 1. The zero-order chi connectivity index (χ0) is 8.10. The second kappa shape index (κ2) is 4.45. The Balaban J connectivity index is 2.51. The van der Waals surface area contributed by atoms with Crippen molar-refractivity contribution in [2.45, 2.75) is 18.6 Å². The molecule has 0 nitrogen and oxygen atoms in total. The van der Waals surface area contributed by atoms with Gasteiger partial charge in [-0.2, -0.15) is 11.8 Å². The van der Waals surface area contributed by atoms with E-state index >= 15 is 0 Å². The van der Waals surface area contributed by atoms with Crippen LogP contribution in [0.15, 0.2) is 30.3 Å². The van der Waals surface area contributed by atoms with Gasteiger partial charge in [0.25, 0.3) is 0 Å². The lowest BCUT2D eigenvalue weighted by Gasteiger charge is -2.06. The number of benzene rings is 1. The first-order valence-corrected chi connectivity index (χ1v) is 5.18. The van der Waals surface area contributed by atoms with E-state index in [9.17, 15) is 0 Å². The lowest BCUT2D eigenvalue weighted by molar-refractivity contribution is 0.946. The Hall–Kier alpha value is -0.430. The van der Waals surface area contributed by atoms with Crippen LogP contribution in [0.2, 0.25) is 0 Å². The van der Waals surface area contributed by atoms with Crippen LogP contribution in [0.3, 0.4) is 0 Å². The number of thioether (sulfide) groups is 1. The lowest BCUT2D eigenvalue weighted by atomic mass is 10.1. The van der Waals surface area contributed by atoms with Crippen molar-refractivity contribution in [3.8, 4) is 0 Å². The second-order valence-electron chi connectivity index (χ2n) is 2.74. The molecule has 0 aliphatic carbocycles. The second-order valence-corrected chi connectivity index (χ2v) is 4.01. The van der Waals surface area contributed by atoms with E-state index in [1.54, 1.807) is 0 Å². The largest absolute Gasteiger partial charge is 0.162 e. The fourth-order valence-electron chi connectivity index (χ4n) is 1.03. The molecule has 1 aromatic rings. The van der Waals surface area contributed by atoms with Gasteiger partial charge in [0.1, 0.15) is 0 Å². The van der Waals surface area contributed by atoms with Crippen LogP contribution >= 0.6 is 11.8 Å². The quantitative estimate of drug-likeness (QED) is 0.665. The SMILES string of the molecule is CSC(C)Cc1ccccc1. The molecule has 0 aromatic heterocycles. The summed E-state index contributed by atoms with van der Waals surface area (Å²) in [5.74, 6) is 0. The standard InChI is InChI=1S/C10H14S/c1-9(11-2)8-10-6-4-3-5-7-10/h3-7,9H,8H2,1-2H3. The lowest BCUT2D eigenvalue weighted by Crippen LogP contribution is -1.99. The summed E-state index contributed by atoms with van der Waals surface area (Å²) >= 11 is 1.92. The molecule has 0 aliphatic heterocycles. The van der Waals surface area contributed by atoms with Crippen molar-refractivity contribution < 1.29 is 0 Å². The van der Waals surface area contributed by atoms with Crippen LogP contribution in [0, 0.1) is 0 Å². The summed E-state index contributed by atoms with van der Waals surface area (Å²) in [4.78, 5) is 0. The Labute approximate surface area is 73.0 Å². The topological polar surface area (TPSA) is 0 Å². The normalized spacial score (nSPS) is 12.9. The average molecular weight is 166 g/mol. The molecule has 1 heteroatoms. The monoisotopic (exact) mass is 166 g/mol. The molecule has 0 saturated carbocycles. The van der Waals surface area contributed by atoms with Gasteiger partial charge >= 0.3 is 0 Å². The van der Waals surface area contributed by atoms with Gasteiger partial charge in [-0.15, -0.1) is 0 Å². The van der Waals surface area contributed by atoms with Crippen molar-refractivity contribution in [2.24, 2.45) is 0 Å². The van der Waals surface area contributed by atoms with Crippen LogP contribution < -0.4 is 0 Å². The molecule has 0 N–H and O–H groups in total. The van der Waals surface area contributed by atoms with Crippen molar-refractivity contribution in [3.63, 3.8) is 0 Å². The van der Waals surface area contributed by atoms with Crippen LogP contribution in [-0.4, -0.2) is 11.5 Å². The predicted molar refractivity (Wildman–Crippen MR) is 53.1 cm³/mol. The molecule has 0 saturated heterocycles. The first-order chi connectivity index (χ1) is 5.33. The molecule has 1 aromatic carbocycles. The Morgan fingerprint density at radius 3 is 2.45 bits per heavy atom. The van der Waals surface area contributed by atoms with Gasteiger partial charge in [-0.3, -0.25) is 0 Å². The molecule has 1 atom stereocenters. The molecule has 0 fully saturated rings. The Kier molecular flexibility index (Phi) is 3.50. The molecule has 0 aliphatic rings. The maximum Gasteiger partial charge on any atom is 0.00563 e. The van der Waals surface area contributed by atoms with Gasteiger partial charge in [-0.1, -0.05) is 37.3 Å². The first-order valence-electron chi connectivity index (χ1n) is 3.89. The van der Waals surface area contributed by atoms with Crippen molar-refractivity contribution in [1.82, 2.24) is 0 Å². The molecule has 60 valence electrons. The summed E-state index contributed by atoms with van der Waals surface area (Å²) in [6.45, 7) is 2.26. The molecule has 1 rings (SSSR count). The fraction of sp³-hybridized carbons (Fsp3) is 0.400. The first kappa shape index (κ1) is 8.66. The highest BCUT2D eigenvalue weighted by molar-refractivity contribution is 7.99. The van der Waals surface area contributed by atoms with Crippen LogP contribution in [0.5, 0.6) is 0 Å². The molecule has 1 unspecified atom stereocenters. The third kappa shape index (κ3) is 2.98. The third-order valence-corrected chi connectivity index (χ3v) is 2.74. The van der Waals surface area contributed by atoms with Gasteiger partial charge in [0.15, 0.2) is 0 Å². The predicted octanol–water partition coefficient (Wildman–Crippen LogP) is 2.98. The van der Waals surface area contributed by atoms with Gasteiger partial charge in [0.2, 0.25) is 0 Å². The molecular weight excluding hydrogens is 152 g/mol. The van der Waals surface area contributed by atoms with E-state index in [1.165, 1.54) is 12.0 Å². The van der Waals surface area contributed by atoms with Gasteiger partial charge < -0.3 is 0 Å². The summed E-state index contributed by atoms with van der Waals surface area (Å²) in [7, 11) is 0. The molecular formula is C10H14S. The number of rotatable bonds is 3. The van der Waals surface area contributed by atoms with Gasteiger partial charge in [-0.05, 0) is 18.2 Å². The minimum Gasteiger partial charge on any atom is -0.162 e. The van der Waals surface area contributed by atoms with E-state index in [4.69, 9.17) is 0 Å². The molecule has 0 bridgehead atoms. The Morgan fingerprint density at radius 2 is 1.91 bits per heavy atom. The van der Waals surface area contributed by atoms with E-state index in [2.05, 4.69) is 43.5 Å². The van der Waals surface area contributed by atoms with E-state index in [-0.39, 0.29) is 0 Å². The highest BCUT2D eigenvalue weighted by Crippen LogP contribution is 2.12. The van der Waals surface area contributed by atoms with Crippen molar-refractivity contribution in [1.29, 1.82) is 0 Å². The Morgan fingerprint density at radius 1 is 1.27 bits per heavy atom. The van der Waals surface area contributed by atoms with Crippen molar-refractivity contribution in [2.75, 3.05) is 6.26 Å². The van der Waals surface area contributed by atoms with Crippen molar-refractivity contribution in [3.05, 3.63) is 35.9 Å². The summed E-state index contributed by atoms with van der Waals surface area (Å²) in [5, 5.41) is 0.734. The van der Waals surface area contributed by atoms with Crippen LogP contribution in [0.25, 0.3) is 0 Å². The van der Waals surface area contributed by atoms with Crippen molar-refractivity contribution >= 4 is 11.8 Å². The van der Waals surface area contributed by atoms with E-state index in [0.29, 0.717) is 0 Å². The average Bonchev–Trinajstić information content (AvgIpc) is 2.06. The Bertz CT molecular complexity index is 193. The highest BCUT2D eigenvalue weighted by atomic mass is 32.2. The van der Waals surface area contributed by atoms with Crippen LogP contribution in [-0.2, 0) is 6.42 Å². The summed E-state index contributed by atoms with van der Waals surface area (Å²) in [6, 6.07) is 10.6. The zero-order valence-electron chi connectivity index (χ0n) is 7.08. The third-order valence-electron chi connectivity index (χ3n) is 1.77. The molecule has 0 heterocycles. The van der Waals surface area contributed by atoms with E-state index in [0.717, 1.165) is 5.25 Å². The number of hydrogen-bond donors (Lipinski definition) is 0. The molecule has 0 radical (unpaired) electrons. The van der Waals surface area contributed by atoms with Gasteiger partial charge in [-0.25, -0.2) is 0 Å². The molecule has 11 heavy (non-hydrogen) atoms. The fourth-order valence-corrected chi connectivity index (χ4v) is 1.39. The molecule has 0 spiro atoms. The maximum absolute atomic E-state index is 2.26. The summed E-state index contributed by atoms with van der Waals surface area (Å²) < 4.78 is 0. The van der Waals surface area contributed by atoms with Gasteiger partial charge in [0, 0.05) is 5.25 Å². The zero-order valence-corrected chi connectivity index (χ0v) is 7.90. The summed E-state index contributed by atoms with van der Waals surface area (Å²) in [5.41, 5.74) is 1.44.